The van der Waals surface area contributed by atoms with Crippen molar-refractivity contribution in [1.82, 2.24) is 0 Å². The van der Waals surface area contributed by atoms with E-state index in [1.54, 1.807) is 13.2 Å². The Hall–Kier alpha value is -1.42. The van der Waals surface area contributed by atoms with E-state index < -0.39 is 0 Å². The molecule has 0 aromatic heterocycles. The summed E-state index contributed by atoms with van der Waals surface area (Å²) in [5, 5.41) is 12.9. The summed E-state index contributed by atoms with van der Waals surface area (Å²) < 4.78 is 5.12. The van der Waals surface area contributed by atoms with Crippen LogP contribution in [0, 0.1) is 5.92 Å². The number of methoxy groups -OCH3 is 1. The van der Waals surface area contributed by atoms with Crippen molar-refractivity contribution in [2.45, 2.75) is 26.4 Å². The lowest BCUT2D eigenvalue weighted by Crippen LogP contribution is -2.21. The normalized spacial score (nSPS) is 12.5. The quantitative estimate of drug-likeness (QED) is 0.664. The van der Waals surface area contributed by atoms with Crippen LogP contribution < -0.4 is 15.8 Å². The number of hydrogen-bond acceptors (Lipinski definition) is 4. The third kappa shape index (κ3) is 4.95. The number of ether oxygens (including phenoxy) is 1. The maximum absolute atomic E-state index is 9.75. The number of anilines is 2. The number of aliphatic hydroxyl groups is 1. The molecule has 1 unspecified atom stereocenters. The molecule has 4 nitrogen and oxygen atoms in total. The molecule has 0 saturated heterocycles. The zero-order valence-electron chi connectivity index (χ0n) is 10.7. The summed E-state index contributed by atoms with van der Waals surface area (Å²) in [6.45, 7) is 4.70. The first-order valence-corrected chi connectivity index (χ1v) is 5.87. The molecule has 1 aromatic rings. The number of hydrogen-bond donors (Lipinski definition) is 3. The van der Waals surface area contributed by atoms with E-state index in [-0.39, 0.29) is 6.10 Å². The SMILES string of the molecule is COc1cc(N)cc(NCC(O)CC(C)C)c1. The molecule has 17 heavy (non-hydrogen) atoms. The van der Waals surface area contributed by atoms with Crippen molar-refractivity contribution in [3.63, 3.8) is 0 Å². The maximum atomic E-state index is 9.75. The molecule has 0 bridgehead atoms. The van der Waals surface area contributed by atoms with E-state index in [0.717, 1.165) is 12.1 Å². The minimum absolute atomic E-state index is 0.345. The van der Waals surface area contributed by atoms with Gasteiger partial charge in [-0.3, -0.25) is 0 Å². The molecule has 0 aliphatic heterocycles. The van der Waals surface area contributed by atoms with Crippen molar-refractivity contribution in [3.05, 3.63) is 18.2 Å². The topological polar surface area (TPSA) is 67.5 Å². The van der Waals surface area contributed by atoms with Crippen LogP contribution in [0.2, 0.25) is 0 Å². The fourth-order valence-electron chi connectivity index (χ4n) is 1.71. The number of nitrogens with two attached hydrogens (primary N) is 1. The zero-order chi connectivity index (χ0) is 12.8. The van der Waals surface area contributed by atoms with E-state index >= 15 is 0 Å². The largest absolute Gasteiger partial charge is 0.497 e. The van der Waals surface area contributed by atoms with Gasteiger partial charge < -0.3 is 20.9 Å². The predicted molar refractivity (Wildman–Crippen MR) is 71.4 cm³/mol. The Bertz CT molecular complexity index is 353. The van der Waals surface area contributed by atoms with Gasteiger partial charge in [0.2, 0.25) is 0 Å². The van der Waals surface area contributed by atoms with Crippen LogP contribution in [-0.2, 0) is 0 Å². The third-order valence-corrected chi connectivity index (χ3v) is 2.45. The molecule has 1 rings (SSSR count). The Balaban J connectivity index is 2.54. The van der Waals surface area contributed by atoms with E-state index in [1.165, 1.54) is 0 Å². The molecule has 1 atom stereocenters. The van der Waals surface area contributed by atoms with Crippen molar-refractivity contribution in [3.8, 4) is 5.75 Å². The van der Waals surface area contributed by atoms with Crippen LogP contribution in [0.15, 0.2) is 18.2 Å². The van der Waals surface area contributed by atoms with Gasteiger partial charge in [0, 0.05) is 30.1 Å². The van der Waals surface area contributed by atoms with Gasteiger partial charge in [-0.25, -0.2) is 0 Å². The fraction of sp³-hybridized carbons (Fsp3) is 0.538. The molecule has 0 aliphatic carbocycles. The molecule has 0 amide bonds. The Morgan fingerprint density at radius 3 is 2.65 bits per heavy atom. The maximum Gasteiger partial charge on any atom is 0.122 e. The summed E-state index contributed by atoms with van der Waals surface area (Å²) in [5.74, 6) is 1.20. The molecule has 0 fully saturated rings. The lowest BCUT2D eigenvalue weighted by Gasteiger charge is -2.15. The Labute approximate surface area is 103 Å². The number of aliphatic hydroxyl groups excluding tert-OH is 1. The van der Waals surface area contributed by atoms with E-state index in [9.17, 15) is 5.11 Å². The first-order valence-electron chi connectivity index (χ1n) is 5.87. The second-order valence-electron chi connectivity index (χ2n) is 4.66. The highest BCUT2D eigenvalue weighted by atomic mass is 16.5. The standard InChI is InChI=1S/C13H22N2O2/c1-9(2)4-12(16)8-15-11-5-10(14)6-13(7-11)17-3/h5-7,9,12,15-16H,4,8,14H2,1-3H3. The molecular formula is C13H22N2O2. The number of benzene rings is 1. The van der Waals surface area contributed by atoms with Gasteiger partial charge in [0.1, 0.15) is 5.75 Å². The molecule has 1 aromatic carbocycles. The Kier molecular flexibility index (Phi) is 5.10. The van der Waals surface area contributed by atoms with Crippen LogP contribution in [0.4, 0.5) is 11.4 Å². The Morgan fingerprint density at radius 2 is 2.06 bits per heavy atom. The van der Waals surface area contributed by atoms with Gasteiger partial charge in [-0.2, -0.15) is 0 Å². The average Bonchev–Trinajstić information content (AvgIpc) is 2.24. The Morgan fingerprint density at radius 1 is 1.35 bits per heavy atom. The van der Waals surface area contributed by atoms with Gasteiger partial charge in [-0.1, -0.05) is 13.8 Å². The van der Waals surface area contributed by atoms with Crippen LogP contribution in [0.3, 0.4) is 0 Å². The molecule has 0 radical (unpaired) electrons. The molecule has 4 N–H and O–H groups in total. The van der Waals surface area contributed by atoms with Gasteiger partial charge in [0.25, 0.3) is 0 Å². The summed E-state index contributed by atoms with van der Waals surface area (Å²) in [6.07, 6.45) is 0.439. The van der Waals surface area contributed by atoms with Crippen molar-refractivity contribution >= 4 is 11.4 Å². The van der Waals surface area contributed by atoms with Crippen LogP contribution in [0.25, 0.3) is 0 Å². The molecular weight excluding hydrogens is 216 g/mol. The first kappa shape index (κ1) is 13.6. The van der Waals surface area contributed by atoms with Gasteiger partial charge in [0.05, 0.1) is 13.2 Å². The van der Waals surface area contributed by atoms with Crippen molar-refractivity contribution in [1.29, 1.82) is 0 Å². The molecule has 0 spiro atoms. The highest BCUT2D eigenvalue weighted by molar-refractivity contribution is 5.59. The zero-order valence-corrected chi connectivity index (χ0v) is 10.7. The third-order valence-electron chi connectivity index (χ3n) is 2.45. The summed E-state index contributed by atoms with van der Waals surface area (Å²) >= 11 is 0. The van der Waals surface area contributed by atoms with E-state index in [1.807, 2.05) is 12.1 Å². The highest BCUT2D eigenvalue weighted by Gasteiger charge is 2.07. The molecule has 0 saturated carbocycles. The molecule has 4 heteroatoms. The minimum Gasteiger partial charge on any atom is -0.497 e. The monoisotopic (exact) mass is 238 g/mol. The summed E-state index contributed by atoms with van der Waals surface area (Å²) in [5.41, 5.74) is 7.25. The van der Waals surface area contributed by atoms with E-state index in [2.05, 4.69) is 19.2 Å². The lowest BCUT2D eigenvalue weighted by molar-refractivity contribution is 0.161. The number of nitrogen functional groups attached to an aromatic ring is 1. The number of nitrogens with one attached hydrogen (secondary N) is 1. The van der Waals surface area contributed by atoms with Gasteiger partial charge in [-0.15, -0.1) is 0 Å². The summed E-state index contributed by atoms with van der Waals surface area (Å²) in [6, 6.07) is 5.44. The second-order valence-corrected chi connectivity index (χ2v) is 4.66. The fourth-order valence-corrected chi connectivity index (χ4v) is 1.71. The van der Waals surface area contributed by atoms with Crippen LogP contribution >= 0.6 is 0 Å². The summed E-state index contributed by atoms with van der Waals surface area (Å²) in [7, 11) is 1.60. The minimum atomic E-state index is -0.345. The molecule has 0 aliphatic rings. The van der Waals surface area contributed by atoms with Crippen LogP contribution in [-0.4, -0.2) is 24.9 Å². The second kappa shape index (κ2) is 6.35. The highest BCUT2D eigenvalue weighted by Crippen LogP contribution is 2.22. The predicted octanol–water partition coefficient (Wildman–Crippen LogP) is 2.10. The lowest BCUT2D eigenvalue weighted by atomic mass is 10.1. The van der Waals surface area contributed by atoms with Crippen molar-refractivity contribution in [2.24, 2.45) is 5.92 Å². The summed E-state index contributed by atoms with van der Waals surface area (Å²) in [4.78, 5) is 0. The number of rotatable bonds is 6. The van der Waals surface area contributed by atoms with Crippen LogP contribution in [0.5, 0.6) is 5.75 Å². The van der Waals surface area contributed by atoms with Crippen molar-refractivity contribution < 1.29 is 9.84 Å². The van der Waals surface area contributed by atoms with Gasteiger partial charge in [-0.05, 0) is 18.4 Å². The smallest absolute Gasteiger partial charge is 0.122 e. The molecule has 0 heterocycles. The van der Waals surface area contributed by atoms with E-state index in [4.69, 9.17) is 10.5 Å². The van der Waals surface area contributed by atoms with E-state index in [0.29, 0.717) is 23.9 Å². The van der Waals surface area contributed by atoms with Gasteiger partial charge >= 0.3 is 0 Å². The van der Waals surface area contributed by atoms with Gasteiger partial charge in [0.15, 0.2) is 0 Å². The first-order chi connectivity index (χ1) is 8.01. The van der Waals surface area contributed by atoms with Crippen LogP contribution in [0.1, 0.15) is 20.3 Å². The average molecular weight is 238 g/mol. The molecule has 96 valence electrons. The van der Waals surface area contributed by atoms with Crippen molar-refractivity contribution in [2.75, 3.05) is 24.7 Å².